The Labute approximate surface area is 251 Å². The third-order valence-electron chi connectivity index (χ3n) is 7.24. The fraction of sp³-hybridized carbons (Fsp3) is 0.364. The summed E-state index contributed by atoms with van der Waals surface area (Å²) < 4.78 is 24.4. The molecule has 1 unspecified atom stereocenters. The van der Waals surface area contributed by atoms with E-state index >= 15 is 0 Å². The number of aromatic carboxylic acids is 1. The molecule has 1 atom stereocenters. The van der Waals surface area contributed by atoms with Gasteiger partial charge >= 0.3 is 5.97 Å². The van der Waals surface area contributed by atoms with Gasteiger partial charge in [0.25, 0.3) is 5.91 Å². The maximum absolute atomic E-state index is 13.2. The van der Waals surface area contributed by atoms with E-state index in [0.717, 1.165) is 22.0 Å². The maximum atomic E-state index is 13.2. The van der Waals surface area contributed by atoms with Crippen molar-refractivity contribution in [3.8, 4) is 22.5 Å². The highest BCUT2D eigenvalue weighted by Crippen LogP contribution is 2.42. The maximum Gasteiger partial charge on any atom is 0.336 e. The minimum Gasteiger partial charge on any atom is -0.478 e. The molecule has 43 heavy (non-hydrogen) atoms. The van der Waals surface area contributed by atoms with Gasteiger partial charge in [-0.3, -0.25) is 4.79 Å². The summed E-state index contributed by atoms with van der Waals surface area (Å²) in [5.74, 6) is -0.776. The Morgan fingerprint density at radius 2 is 1.79 bits per heavy atom. The zero-order valence-electron chi connectivity index (χ0n) is 25.6. The Kier molecular flexibility index (Phi) is 10.5. The van der Waals surface area contributed by atoms with Crippen LogP contribution in [-0.2, 0) is 14.2 Å². The molecule has 10 heteroatoms. The van der Waals surface area contributed by atoms with Crippen molar-refractivity contribution < 1.29 is 33.3 Å². The predicted octanol–water partition coefficient (Wildman–Crippen LogP) is 3.80. The number of nitrogens with one attached hydrogen (secondary N) is 1. The molecule has 10 nitrogen and oxygen atoms in total. The van der Waals surface area contributed by atoms with Crippen LogP contribution in [0.25, 0.3) is 33.4 Å². The molecular formula is C33H40N3O7+. The van der Waals surface area contributed by atoms with Crippen LogP contribution < -0.4 is 20.1 Å². The van der Waals surface area contributed by atoms with Gasteiger partial charge < -0.3 is 34.0 Å². The first-order valence-corrected chi connectivity index (χ1v) is 14.1. The number of fused-ring (bicyclic) bond motifs is 2. The molecule has 2 aliphatic rings. The molecule has 1 aliphatic carbocycles. The lowest BCUT2D eigenvalue weighted by molar-refractivity contribution is -0.0305. The Balaban J connectivity index is 1.71. The number of methoxy groups -OCH3 is 2. The van der Waals surface area contributed by atoms with Gasteiger partial charge in [-0.1, -0.05) is 0 Å². The third-order valence-corrected chi connectivity index (χ3v) is 7.24. The molecule has 1 heterocycles. The van der Waals surface area contributed by atoms with Crippen LogP contribution in [0.4, 0.5) is 5.69 Å². The second-order valence-corrected chi connectivity index (χ2v) is 10.7. The molecule has 0 aromatic heterocycles. The summed E-state index contributed by atoms with van der Waals surface area (Å²) in [5.41, 5.74) is 3.88. The number of carbonyl (C=O) groups is 2. The van der Waals surface area contributed by atoms with E-state index in [1.807, 2.05) is 74.1 Å². The number of rotatable bonds is 13. The minimum absolute atomic E-state index is 0.0934. The standard InChI is InChI=1S/C33H39N3O7/c1-35(2)22-9-12-26-29(17-22)43-30-18-23(36(3)4)10-13-27(30)31(26)28-16-21(8-11-25(28)33(38)39)32(37)34-14-7-15-42-20-24(41-6)19-40-5/h8-13,16-18,24H,7,14-15,19-20H2,1-6H3,(H-,34,37,38,39)/p+1. The fourth-order valence-corrected chi connectivity index (χ4v) is 4.86. The lowest BCUT2D eigenvalue weighted by Gasteiger charge is -2.19. The van der Waals surface area contributed by atoms with Crippen molar-refractivity contribution in [3.63, 3.8) is 0 Å². The van der Waals surface area contributed by atoms with E-state index in [9.17, 15) is 14.7 Å². The van der Waals surface area contributed by atoms with Crippen LogP contribution in [0.15, 0.2) is 59.0 Å². The second-order valence-electron chi connectivity index (χ2n) is 10.7. The molecule has 0 radical (unpaired) electrons. The SMILES string of the molecule is COCC(COCCCNC(=O)c1ccc(C(=O)O)c(-c2c3ccc(=[N+](C)C)cc-3oc3cc(N(C)C)ccc23)c1)OC. The van der Waals surface area contributed by atoms with Crippen LogP contribution in [0, 0.1) is 0 Å². The normalized spacial score (nSPS) is 12.0. The van der Waals surface area contributed by atoms with E-state index < -0.39 is 5.97 Å². The third kappa shape index (κ3) is 7.40. The Morgan fingerprint density at radius 1 is 1.00 bits per heavy atom. The van der Waals surface area contributed by atoms with E-state index in [1.54, 1.807) is 26.4 Å². The first-order valence-electron chi connectivity index (χ1n) is 14.1. The first-order chi connectivity index (χ1) is 20.6. The average Bonchev–Trinajstić information content (AvgIpc) is 2.99. The number of amides is 1. The van der Waals surface area contributed by atoms with E-state index in [-0.39, 0.29) is 17.6 Å². The highest BCUT2D eigenvalue weighted by atomic mass is 16.5. The van der Waals surface area contributed by atoms with E-state index in [1.165, 1.54) is 6.07 Å². The van der Waals surface area contributed by atoms with Gasteiger partial charge in [-0.05, 0) is 48.4 Å². The van der Waals surface area contributed by atoms with Crippen LogP contribution >= 0.6 is 0 Å². The van der Waals surface area contributed by atoms with Gasteiger partial charge in [0, 0.05) is 81.4 Å². The molecule has 0 spiro atoms. The molecule has 2 aromatic rings. The second kappa shape index (κ2) is 14.3. The van der Waals surface area contributed by atoms with Crippen LogP contribution in [0.2, 0.25) is 0 Å². The summed E-state index contributed by atoms with van der Waals surface area (Å²) >= 11 is 0. The molecule has 1 amide bonds. The van der Waals surface area contributed by atoms with Crippen molar-refractivity contribution in [2.45, 2.75) is 12.5 Å². The molecule has 4 rings (SSSR count). The molecule has 1 aliphatic heterocycles. The van der Waals surface area contributed by atoms with Crippen LogP contribution in [0.1, 0.15) is 27.1 Å². The number of nitrogens with zero attached hydrogens (tertiary/aromatic N) is 2. The average molecular weight is 591 g/mol. The lowest BCUT2D eigenvalue weighted by atomic mass is 9.89. The minimum atomic E-state index is -1.08. The van der Waals surface area contributed by atoms with E-state index in [2.05, 4.69) is 5.32 Å². The number of carboxylic acid groups (broad SMARTS) is 1. The van der Waals surface area contributed by atoms with Crippen LogP contribution in [-0.4, -0.2) is 91.9 Å². The summed E-state index contributed by atoms with van der Waals surface area (Å²) in [5, 5.41) is 14.8. The van der Waals surface area contributed by atoms with Crippen molar-refractivity contribution in [2.75, 3.05) is 73.7 Å². The molecule has 2 N–H and O–H groups in total. The summed E-state index contributed by atoms with van der Waals surface area (Å²) in [6.07, 6.45) is 0.459. The Bertz CT molecular complexity index is 1640. The highest BCUT2D eigenvalue weighted by Gasteiger charge is 2.24. The molecule has 228 valence electrons. The summed E-state index contributed by atoms with van der Waals surface area (Å²) in [4.78, 5) is 27.6. The number of ether oxygens (including phenoxy) is 3. The summed E-state index contributed by atoms with van der Waals surface area (Å²) in [6, 6.07) is 16.3. The van der Waals surface area contributed by atoms with Gasteiger partial charge in [0.2, 0.25) is 5.36 Å². The Morgan fingerprint density at radius 3 is 2.47 bits per heavy atom. The topological polar surface area (TPSA) is 113 Å². The van der Waals surface area contributed by atoms with Crippen LogP contribution in [0.3, 0.4) is 0 Å². The van der Waals surface area contributed by atoms with Gasteiger partial charge in [0.05, 0.1) is 24.8 Å². The molecule has 2 aromatic carbocycles. The van der Waals surface area contributed by atoms with E-state index in [4.69, 9.17) is 18.6 Å². The quantitative estimate of drug-likeness (QED) is 0.137. The van der Waals surface area contributed by atoms with Gasteiger partial charge in [-0.15, -0.1) is 0 Å². The molecule has 0 saturated heterocycles. The van der Waals surface area contributed by atoms with E-state index in [0.29, 0.717) is 60.8 Å². The smallest absolute Gasteiger partial charge is 0.336 e. The molecule has 0 fully saturated rings. The zero-order chi connectivity index (χ0) is 31.1. The van der Waals surface area contributed by atoms with Crippen molar-refractivity contribution in [1.29, 1.82) is 0 Å². The lowest BCUT2D eigenvalue weighted by Crippen LogP contribution is -2.27. The Hall–Kier alpha value is -4.25. The highest BCUT2D eigenvalue weighted by molar-refractivity contribution is 6.09. The van der Waals surface area contributed by atoms with Gasteiger partial charge in [0.1, 0.15) is 31.5 Å². The largest absolute Gasteiger partial charge is 0.478 e. The van der Waals surface area contributed by atoms with Crippen molar-refractivity contribution in [1.82, 2.24) is 9.89 Å². The van der Waals surface area contributed by atoms with Gasteiger partial charge in [-0.2, -0.15) is 0 Å². The molecule has 0 saturated carbocycles. The number of carbonyl (C=O) groups excluding carboxylic acids is 1. The van der Waals surface area contributed by atoms with Gasteiger partial charge in [0.15, 0.2) is 0 Å². The number of anilines is 1. The van der Waals surface area contributed by atoms with Crippen molar-refractivity contribution in [2.24, 2.45) is 0 Å². The number of hydrogen-bond donors (Lipinski definition) is 2. The number of hydrogen-bond acceptors (Lipinski definition) is 7. The molecule has 0 bridgehead atoms. The first kappa shape index (κ1) is 31.7. The monoisotopic (exact) mass is 590 g/mol. The summed E-state index contributed by atoms with van der Waals surface area (Å²) in [7, 11) is 11.0. The van der Waals surface area contributed by atoms with Crippen molar-refractivity contribution in [3.05, 3.63) is 71.1 Å². The predicted molar refractivity (Wildman–Crippen MR) is 167 cm³/mol. The summed E-state index contributed by atoms with van der Waals surface area (Å²) in [6.45, 7) is 1.68. The van der Waals surface area contributed by atoms with Crippen LogP contribution in [0.5, 0.6) is 0 Å². The number of benzene rings is 3. The fourth-order valence-electron chi connectivity index (χ4n) is 4.86. The van der Waals surface area contributed by atoms with Gasteiger partial charge in [-0.25, -0.2) is 9.37 Å². The molecular weight excluding hydrogens is 550 g/mol. The number of carboxylic acids is 1. The zero-order valence-corrected chi connectivity index (χ0v) is 25.6. The van der Waals surface area contributed by atoms with Crippen molar-refractivity contribution >= 4 is 28.5 Å².